The van der Waals surface area contributed by atoms with Crippen LogP contribution in [-0.4, -0.2) is 47.4 Å². The maximum Gasteiger partial charge on any atom is 0.240 e. The van der Waals surface area contributed by atoms with Gasteiger partial charge in [0.25, 0.3) is 0 Å². The lowest BCUT2D eigenvalue weighted by Gasteiger charge is -2.22. The zero-order valence-electron chi connectivity index (χ0n) is 15.0. The Morgan fingerprint density at radius 2 is 1.85 bits per heavy atom. The molecule has 0 saturated heterocycles. The van der Waals surface area contributed by atoms with Gasteiger partial charge >= 0.3 is 0 Å². The van der Waals surface area contributed by atoms with Crippen molar-refractivity contribution in [3.63, 3.8) is 0 Å². The molecule has 0 saturated carbocycles. The zero-order valence-corrected chi connectivity index (χ0v) is 17.4. The average molecular weight is 457 g/mol. The van der Waals surface area contributed by atoms with Crippen molar-refractivity contribution in [2.75, 3.05) is 37.4 Å². The van der Waals surface area contributed by atoms with Gasteiger partial charge in [0.2, 0.25) is 15.9 Å². The van der Waals surface area contributed by atoms with Crippen LogP contribution in [0.25, 0.3) is 0 Å². The predicted octanol–water partition coefficient (Wildman–Crippen LogP) is 2.42. The van der Waals surface area contributed by atoms with E-state index >= 15 is 0 Å². The molecule has 0 unspecified atom stereocenters. The molecule has 146 valence electrons. The zero-order chi connectivity index (χ0) is 19.9. The van der Waals surface area contributed by atoms with Crippen LogP contribution in [0.4, 0.5) is 5.69 Å². The second kappa shape index (κ2) is 9.61. The summed E-state index contributed by atoms with van der Waals surface area (Å²) in [7, 11) is -2.06. The van der Waals surface area contributed by atoms with Crippen LogP contribution in [0.1, 0.15) is 0 Å². The number of carbonyl (C=O) groups is 1. The van der Waals surface area contributed by atoms with Gasteiger partial charge in [-0.25, -0.2) is 8.42 Å². The molecule has 2 aromatic rings. The van der Waals surface area contributed by atoms with Crippen molar-refractivity contribution >= 4 is 37.5 Å². The molecular weight excluding hydrogens is 436 g/mol. The van der Waals surface area contributed by atoms with Crippen LogP contribution in [0.2, 0.25) is 0 Å². The van der Waals surface area contributed by atoms with E-state index in [1.807, 2.05) is 12.1 Å². The van der Waals surface area contributed by atoms with E-state index in [0.29, 0.717) is 17.2 Å². The summed E-state index contributed by atoms with van der Waals surface area (Å²) in [5, 5.41) is 2.65. The van der Waals surface area contributed by atoms with E-state index < -0.39 is 15.9 Å². The van der Waals surface area contributed by atoms with Crippen molar-refractivity contribution in [2.24, 2.45) is 0 Å². The van der Waals surface area contributed by atoms with E-state index in [4.69, 9.17) is 9.47 Å². The molecule has 0 radical (unpaired) electrons. The SMILES string of the molecule is COc1ccccc1OCCNC(=O)CN(c1cccc(Br)c1)S(C)(=O)=O. The first-order chi connectivity index (χ1) is 12.8. The molecule has 1 amide bonds. The van der Waals surface area contributed by atoms with Gasteiger partial charge in [-0.15, -0.1) is 0 Å². The number of amides is 1. The number of para-hydroxylation sites is 2. The summed E-state index contributed by atoms with van der Waals surface area (Å²) in [5.74, 6) is 0.743. The molecular formula is C18H21BrN2O5S. The van der Waals surface area contributed by atoms with E-state index in [1.165, 1.54) is 0 Å². The van der Waals surface area contributed by atoms with Crippen LogP contribution in [0, 0.1) is 0 Å². The number of nitrogens with one attached hydrogen (secondary N) is 1. The predicted molar refractivity (Wildman–Crippen MR) is 108 cm³/mol. The van der Waals surface area contributed by atoms with Crippen molar-refractivity contribution in [2.45, 2.75) is 0 Å². The van der Waals surface area contributed by atoms with Crippen LogP contribution in [0.3, 0.4) is 0 Å². The van der Waals surface area contributed by atoms with Gasteiger partial charge in [0.1, 0.15) is 13.2 Å². The highest BCUT2D eigenvalue weighted by molar-refractivity contribution is 9.10. The lowest BCUT2D eigenvalue weighted by molar-refractivity contribution is -0.119. The Hall–Kier alpha value is -2.26. The third kappa shape index (κ3) is 6.44. The number of anilines is 1. The van der Waals surface area contributed by atoms with Crippen molar-refractivity contribution < 1.29 is 22.7 Å². The first kappa shape index (κ1) is 21.0. The van der Waals surface area contributed by atoms with Gasteiger partial charge in [0.05, 0.1) is 25.6 Å². The normalized spacial score (nSPS) is 10.9. The number of ether oxygens (including phenoxy) is 2. The summed E-state index contributed by atoms with van der Waals surface area (Å²) in [4.78, 5) is 12.2. The summed E-state index contributed by atoms with van der Waals surface area (Å²) >= 11 is 3.30. The monoisotopic (exact) mass is 456 g/mol. The Kier molecular flexibility index (Phi) is 7.49. The molecule has 0 spiro atoms. The number of hydrogen-bond donors (Lipinski definition) is 1. The highest BCUT2D eigenvalue weighted by Crippen LogP contribution is 2.25. The van der Waals surface area contributed by atoms with Crippen LogP contribution in [0.15, 0.2) is 53.0 Å². The summed E-state index contributed by atoms with van der Waals surface area (Å²) < 4.78 is 36.6. The van der Waals surface area contributed by atoms with Crippen molar-refractivity contribution in [3.8, 4) is 11.5 Å². The van der Waals surface area contributed by atoms with Crippen LogP contribution < -0.4 is 19.1 Å². The third-order valence-corrected chi connectivity index (χ3v) is 5.17. The topological polar surface area (TPSA) is 84.9 Å². The summed E-state index contributed by atoms with van der Waals surface area (Å²) in [5.41, 5.74) is 0.410. The standard InChI is InChI=1S/C18H21BrN2O5S/c1-25-16-8-3-4-9-17(16)26-11-10-20-18(22)13-21(27(2,23)24)15-7-5-6-14(19)12-15/h3-9,12H,10-11,13H2,1-2H3,(H,20,22). The summed E-state index contributed by atoms with van der Waals surface area (Å²) in [6.07, 6.45) is 1.06. The number of benzene rings is 2. The van der Waals surface area contributed by atoms with Crippen LogP contribution in [-0.2, 0) is 14.8 Å². The minimum absolute atomic E-state index is 0.224. The van der Waals surface area contributed by atoms with Crippen LogP contribution >= 0.6 is 15.9 Å². The second-order valence-corrected chi connectivity index (χ2v) is 8.42. The van der Waals surface area contributed by atoms with Crippen LogP contribution in [0.5, 0.6) is 11.5 Å². The molecule has 27 heavy (non-hydrogen) atoms. The van der Waals surface area contributed by atoms with Gasteiger partial charge in [0.15, 0.2) is 11.5 Å². The Bertz CT molecular complexity index is 889. The molecule has 0 aliphatic carbocycles. The molecule has 0 aromatic heterocycles. The number of methoxy groups -OCH3 is 1. The van der Waals surface area contributed by atoms with Crippen molar-refractivity contribution in [1.29, 1.82) is 0 Å². The van der Waals surface area contributed by atoms with Gasteiger partial charge in [0, 0.05) is 4.47 Å². The number of sulfonamides is 1. The summed E-state index contributed by atoms with van der Waals surface area (Å²) in [6.45, 7) is 0.138. The lowest BCUT2D eigenvalue weighted by Crippen LogP contribution is -2.41. The Labute approximate surface area is 167 Å². The Morgan fingerprint density at radius 1 is 1.15 bits per heavy atom. The number of rotatable bonds is 9. The third-order valence-electron chi connectivity index (χ3n) is 3.53. The quantitative estimate of drug-likeness (QED) is 0.585. The fourth-order valence-electron chi connectivity index (χ4n) is 2.31. The number of hydrogen-bond acceptors (Lipinski definition) is 5. The fraction of sp³-hybridized carbons (Fsp3) is 0.278. The van der Waals surface area contributed by atoms with E-state index in [9.17, 15) is 13.2 Å². The van der Waals surface area contributed by atoms with E-state index in [0.717, 1.165) is 15.0 Å². The molecule has 9 heteroatoms. The van der Waals surface area contributed by atoms with Gasteiger partial charge < -0.3 is 14.8 Å². The molecule has 0 aliphatic rings. The van der Waals surface area contributed by atoms with Gasteiger partial charge in [-0.2, -0.15) is 0 Å². The van der Waals surface area contributed by atoms with E-state index in [-0.39, 0.29) is 19.7 Å². The van der Waals surface area contributed by atoms with Gasteiger partial charge in [-0.3, -0.25) is 9.10 Å². The highest BCUT2D eigenvalue weighted by atomic mass is 79.9. The maximum atomic E-state index is 12.2. The lowest BCUT2D eigenvalue weighted by atomic mass is 10.3. The molecule has 7 nitrogen and oxygen atoms in total. The maximum absolute atomic E-state index is 12.2. The van der Waals surface area contributed by atoms with Crippen molar-refractivity contribution in [1.82, 2.24) is 5.32 Å². The molecule has 2 rings (SSSR count). The fourth-order valence-corrected chi connectivity index (χ4v) is 3.54. The largest absolute Gasteiger partial charge is 0.493 e. The van der Waals surface area contributed by atoms with Crippen molar-refractivity contribution in [3.05, 3.63) is 53.0 Å². The smallest absolute Gasteiger partial charge is 0.240 e. The van der Waals surface area contributed by atoms with E-state index in [1.54, 1.807) is 43.5 Å². The first-order valence-corrected chi connectivity index (χ1v) is 10.7. The first-order valence-electron chi connectivity index (χ1n) is 8.07. The molecule has 0 bridgehead atoms. The number of halogens is 1. The minimum atomic E-state index is -3.61. The minimum Gasteiger partial charge on any atom is -0.493 e. The number of carbonyl (C=O) groups excluding carboxylic acids is 1. The average Bonchev–Trinajstić information content (AvgIpc) is 2.62. The molecule has 0 heterocycles. The molecule has 0 fully saturated rings. The van der Waals surface area contributed by atoms with E-state index in [2.05, 4.69) is 21.2 Å². The van der Waals surface area contributed by atoms with Gasteiger partial charge in [-0.1, -0.05) is 34.1 Å². The molecule has 2 aromatic carbocycles. The summed E-state index contributed by atoms with van der Waals surface area (Å²) in [6, 6.07) is 13.9. The number of nitrogens with zero attached hydrogens (tertiary/aromatic N) is 1. The molecule has 0 aliphatic heterocycles. The molecule has 1 N–H and O–H groups in total. The Balaban J connectivity index is 1.91. The van der Waals surface area contributed by atoms with Gasteiger partial charge in [-0.05, 0) is 30.3 Å². The highest BCUT2D eigenvalue weighted by Gasteiger charge is 2.20. The molecule has 0 atom stereocenters. The second-order valence-electron chi connectivity index (χ2n) is 5.60. The Morgan fingerprint density at radius 3 is 2.48 bits per heavy atom.